The second kappa shape index (κ2) is 10.6. The number of Topliss-reactive ketones (excluding diaryl/α,β-unsaturated/α-hetero) is 1. The van der Waals surface area contributed by atoms with Crippen LogP contribution in [0.4, 0.5) is 23.7 Å². The number of carbonyl (C=O) groups is 3. The molecule has 0 heterocycles. The van der Waals surface area contributed by atoms with Crippen LogP contribution in [0.3, 0.4) is 0 Å². The molecule has 2 N–H and O–H groups in total. The molecule has 0 bridgehead atoms. The van der Waals surface area contributed by atoms with Crippen molar-refractivity contribution in [1.82, 2.24) is 5.32 Å². The summed E-state index contributed by atoms with van der Waals surface area (Å²) in [5.74, 6) is -2.75. The van der Waals surface area contributed by atoms with Gasteiger partial charge in [-0.05, 0) is 42.0 Å². The molecule has 1 aliphatic rings. The molecule has 0 radical (unpaired) electrons. The van der Waals surface area contributed by atoms with Crippen molar-refractivity contribution in [3.05, 3.63) is 62.6 Å². The summed E-state index contributed by atoms with van der Waals surface area (Å²) in [5.41, 5.74) is 0.641. The zero-order chi connectivity index (χ0) is 26.1. The number of nitrogens with one attached hydrogen (secondary N) is 2. The summed E-state index contributed by atoms with van der Waals surface area (Å²) in [6, 6.07) is 8.68. The van der Waals surface area contributed by atoms with Crippen molar-refractivity contribution in [2.24, 2.45) is 5.92 Å². The number of ether oxygens (including phenoxy) is 1. The first-order chi connectivity index (χ1) is 16.2. The minimum absolute atomic E-state index is 0.0136. The molecule has 2 aromatic rings. The highest BCUT2D eigenvalue weighted by molar-refractivity contribution is 6.53. The SMILES string of the molecule is O=C(NCC(=O)c1cc(NC(=O)C2C(c3cc(Cl)cc(Cl)c3)C2(Cl)Cl)ccc1Cl)OCC(F)(F)F. The zero-order valence-corrected chi connectivity index (χ0v) is 21.0. The highest BCUT2D eigenvalue weighted by atomic mass is 35.5. The molecule has 2 aromatic carbocycles. The molecule has 3 rings (SSSR count). The number of anilines is 1. The van der Waals surface area contributed by atoms with Gasteiger partial charge in [0.1, 0.15) is 4.33 Å². The van der Waals surface area contributed by atoms with Gasteiger partial charge in [0.05, 0.1) is 17.5 Å². The lowest BCUT2D eigenvalue weighted by atomic mass is 10.1. The number of amides is 2. The number of hydrogen-bond acceptors (Lipinski definition) is 4. The van der Waals surface area contributed by atoms with E-state index in [1.807, 2.05) is 5.32 Å². The van der Waals surface area contributed by atoms with Gasteiger partial charge in [-0.25, -0.2) is 4.79 Å². The normalized spacial score (nSPS) is 18.5. The van der Waals surface area contributed by atoms with Crippen molar-refractivity contribution < 1.29 is 32.3 Å². The maximum atomic E-state index is 12.8. The first-order valence-electron chi connectivity index (χ1n) is 9.64. The van der Waals surface area contributed by atoms with Gasteiger partial charge < -0.3 is 15.4 Å². The molecule has 6 nitrogen and oxygen atoms in total. The molecule has 2 unspecified atom stereocenters. The van der Waals surface area contributed by atoms with Gasteiger partial charge in [0.2, 0.25) is 5.91 Å². The Bertz CT molecular complexity index is 1160. The smallest absolute Gasteiger partial charge is 0.422 e. The molecular weight excluding hydrogens is 579 g/mol. The molecule has 35 heavy (non-hydrogen) atoms. The fourth-order valence-electron chi connectivity index (χ4n) is 3.31. The second-order valence-electron chi connectivity index (χ2n) is 7.48. The lowest BCUT2D eigenvalue weighted by Crippen LogP contribution is -2.32. The maximum Gasteiger partial charge on any atom is 0.422 e. The first kappa shape index (κ1) is 27.7. The summed E-state index contributed by atoms with van der Waals surface area (Å²) in [5, 5.41) is 5.17. The van der Waals surface area contributed by atoms with E-state index in [0.29, 0.717) is 15.6 Å². The summed E-state index contributed by atoms with van der Waals surface area (Å²) in [6.07, 6.45) is -6.14. The average molecular weight is 593 g/mol. The number of ketones is 1. The van der Waals surface area contributed by atoms with E-state index in [2.05, 4.69) is 10.1 Å². The molecule has 0 aromatic heterocycles. The topological polar surface area (TPSA) is 84.5 Å². The van der Waals surface area contributed by atoms with Gasteiger partial charge in [-0.15, -0.1) is 23.2 Å². The summed E-state index contributed by atoms with van der Waals surface area (Å²) < 4.78 is 38.8. The van der Waals surface area contributed by atoms with Gasteiger partial charge in [-0.1, -0.05) is 34.8 Å². The third-order valence-electron chi connectivity index (χ3n) is 4.87. The van der Waals surface area contributed by atoms with Crippen LogP contribution in [0.25, 0.3) is 0 Å². The lowest BCUT2D eigenvalue weighted by molar-refractivity contribution is -0.160. The van der Waals surface area contributed by atoms with Crippen LogP contribution in [0.15, 0.2) is 36.4 Å². The predicted molar refractivity (Wildman–Crippen MR) is 127 cm³/mol. The Morgan fingerprint density at radius 2 is 1.63 bits per heavy atom. The summed E-state index contributed by atoms with van der Waals surface area (Å²) in [6.45, 7) is -2.50. The first-order valence-corrected chi connectivity index (χ1v) is 11.5. The van der Waals surface area contributed by atoms with Gasteiger partial charge in [-0.3, -0.25) is 9.59 Å². The van der Waals surface area contributed by atoms with E-state index in [1.54, 1.807) is 12.1 Å². The maximum absolute atomic E-state index is 12.8. The number of alkyl halides is 5. The zero-order valence-electron chi connectivity index (χ0n) is 17.2. The van der Waals surface area contributed by atoms with Gasteiger partial charge in [0.15, 0.2) is 12.4 Å². The average Bonchev–Trinajstić information content (AvgIpc) is 3.32. The van der Waals surface area contributed by atoms with E-state index in [4.69, 9.17) is 58.0 Å². The van der Waals surface area contributed by atoms with E-state index < -0.39 is 53.3 Å². The molecule has 0 saturated heterocycles. The van der Waals surface area contributed by atoms with Crippen LogP contribution in [0, 0.1) is 5.92 Å². The van der Waals surface area contributed by atoms with Crippen LogP contribution in [0.1, 0.15) is 21.8 Å². The molecule has 14 heteroatoms. The Hall–Kier alpha value is -1.91. The largest absolute Gasteiger partial charge is 0.440 e. The molecular formula is C21H14Cl5F3N2O4. The predicted octanol–water partition coefficient (Wildman–Crippen LogP) is 6.64. The Labute approximate surface area is 221 Å². The van der Waals surface area contributed by atoms with Crippen LogP contribution in [-0.4, -0.2) is 41.4 Å². The van der Waals surface area contributed by atoms with Gasteiger partial charge in [0.25, 0.3) is 0 Å². The van der Waals surface area contributed by atoms with E-state index >= 15 is 0 Å². The lowest BCUT2D eigenvalue weighted by Gasteiger charge is -2.11. The Kier molecular flexibility index (Phi) is 8.38. The fraction of sp³-hybridized carbons (Fsp3) is 0.286. The van der Waals surface area contributed by atoms with E-state index in [-0.39, 0.29) is 16.3 Å². The number of rotatable bonds is 7. The molecule has 1 fully saturated rings. The van der Waals surface area contributed by atoms with Crippen molar-refractivity contribution in [3.8, 4) is 0 Å². The quantitative estimate of drug-likeness (QED) is 0.279. The van der Waals surface area contributed by atoms with E-state index in [0.717, 1.165) is 0 Å². The minimum Gasteiger partial charge on any atom is -0.440 e. The van der Waals surface area contributed by atoms with Crippen LogP contribution in [0.2, 0.25) is 15.1 Å². The van der Waals surface area contributed by atoms with Crippen LogP contribution in [0.5, 0.6) is 0 Å². The third kappa shape index (κ3) is 7.07. The highest BCUT2D eigenvalue weighted by Gasteiger charge is 2.67. The standard InChI is InChI=1S/C21H14Cl5F3N2O4/c22-10-3-9(4-11(23)5-10)16-17(21(16,25)26)18(33)31-12-1-2-14(24)13(6-12)15(32)7-30-19(34)35-8-20(27,28)29/h1-6,16-17H,7-8H2,(H,30,34)(H,31,33). The van der Waals surface area contributed by atoms with Crippen LogP contribution >= 0.6 is 58.0 Å². The monoisotopic (exact) mass is 590 g/mol. The molecule has 2 amide bonds. The number of halogens is 8. The second-order valence-corrected chi connectivity index (χ2v) is 10.2. The number of hydrogen-bond donors (Lipinski definition) is 2. The molecule has 2 atom stereocenters. The number of benzene rings is 2. The summed E-state index contributed by atoms with van der Waals surface area (Å²) >= 11 is 30.7. The summed E-state index contributed by atoms with van der Waals surface area (Å²) in [4.78, 5) is 36.6. The van der Waals surface area contributed by atoms with Crippen molar-refractivity contribution in [1.29, 1.82) is 0 Å². The van der Waals surface area contributed by atoms with Crippen molar-refractivity contribution in [2.45, 2.75) is 16.4 Å². The van der Waals surface area contributed by atoms with Crippen molar-refractivity contribution in [2.75, 3.05) is 18.5 Å². The van der Waals surface area contributed by atoms with Gasteiger partial charge >= 0.3 is 12.3 Å². The van der Waals surface area contributed by atoms with E-state index in [1.165, 1.54) is 24.3 Å². The van der Waals surface area contributed by atoms with Gasteiger partial charge in [-0.2, -0.15) is 13.2 Å². The Balaban J connectivity index is 1.66. The molecule has 1 saturated carbocycles. The Morgan fingerprint density at radius 1 is 1.00 bits per heavy atom. The van der Waals surface area contributed by atoms with Crippen molar-refractivity contribution >= 4 is 81.5 Å². The number of carbonyl (C=O) groups excluding carboxylic acids is 3. The highest BCUT2D eigenvalue weighted by Crippen LogP contribution is 2.65. The van der Waals surface area contributed by atoms with Crippen LogP contribution < -0.4 is 10.6 Å². The fourth-order valence-corrected chi connectivity index (χ4v) is 4.90. The summed E-state index contributed by atoms with van der Waals surface area (Å²) in [7, 11) is 0. The van der Waals surface area contributed by atoms with Crippen molar-refractivity contribution in [3.63, 3.8) is 0 Å². The Morgan fingerprint density at radius 3 is 2.23 bits per heavy atom. The molecule has 188 valence electrons. The number of alkyl carbamates (subject to hydrolysis) is 1. The molecule has 0 aliphatic heterocycles. The third-order valence-corrected chi connectivity index (χ3v) is 6.58. The van der Waals surface area contributed by atoms with E-state index in [9.17, 15) is 27.6 Å². The van der Waals surface area contributed by atoms with Gasteiger partial charge in [0, 0.05) is 27.2 Å². The minimum atomic E-state index is -4.71. The molecule has 0 spiro atoms. The van der Waals surface area contributed by atoms with Crippen LogP contribution in [-0.2, 0) is 9.53 Å². The molecule has 1 aliphatic carbocycles.